The topological polar surface area (TPSA) is 283 Å². The van der Waals surface area contributed by atoms with Gasteiger partial charge in [-0.05, 0) is 126 Å². The predicted molar refractivity (Wildman–Crippen MR) is 303 cm³/mol. The molecule has 0 spiro atoms. The second-order valence-corrected chi connectivity index (χ2v) is 23.9. The van der Waals surface area contributed by atoms with Gasteiger partial charge in [-0.1, -0.05) is 43.9 Å². The number of hydrogen-bond donors (Lipinski definition) is 6. The van der Waals surface area contributed by atoms with Crippen LogP contribution in [-0.4, -0.2) is 179 Å². The minimum atomic E-state index is -1.20. The highest BCUT2D eigenvalue weighted by atomic mass is 16.6. The van der Waals surface area contributed by atoms with Crippen LogP contribution in [0.25, 0.3) is 0 Å². The van der Waals surface area contributed by atoms with Gasteiger partial charge in [0.15, 0.2) is 23.1 Å². The number of methoxy groups -OCH3 is 2. The summed E-state index contributed by atoms with van der Waals surface area (Å²) < 4.78 is 40.0. The number of nitrogens with one attached hydrogen (secondary N) is 6. The molecule has 4 saturated heterocycles. The monoisotopic (exact) mass is 1160 g/mol. The Bertz CT molecular complexity index is 2590. The lowest BCUT2D eigenvalue weighted by Crippen LogP contribution is -2.57. The first kappa shape index (κ1) is 62.8. The second-order valence-electron chi connectivity index (χ2n) is 23.9. The Morgan fingerprint density at radius 3 is 1.66 bits per heavy atom. The summed E-state index contributed by atoms with van der Waals surface area (Å²) in [5.74, 6) is -1.99. The molecule has 0 bridgehead atoms. The molecule has 2 aromatic rings. The lowest BCUT2D eigenvalue weighted by Gasteiger charge is -2.29. The maximum absolute atomic E-state index is 14.6. The number of carbonyl (C=O) groups is 8. The average molecular weight is 1160 g/mol. The van der Waals surface area contributed by atoms with Crippen molar-refractivity contribution in [2.45, 2.75) is 171 Å². The molecule has 2 saturated carbocycles. The second kappa shape index (κ2) is 29.1. The van der Waals surface area contributed by atoms with E-state index in [2.05, 4.69) is 31.9 Å². The minimum Gasteiger partial charge on any atom is -0.497 e. The Labute approximate surface area is 486 Å². The Morgan fingerprint density at radius 2 is 1.10 bits per heavy atom. The van der Waals surface area contributed by atoms with Crippen LogP contribution < -0.4 is 46.1 Å². The Hall–Kier alpha value is -6.20. The zero-order chi connectivity index (χ0) is 59.3. The lowest BCUT2D eigenvalue weighted by molar-refractivity contribution is -0.134. The molecular weight excluding hydrogens is 1070 g/mol. The van der Waals surface area contributed by atoms with Crippen LogP contribution in [-0.2, 0) is 70.1 Å². The van der Waals surface area contributed by atoms with Gasteiger partial charge in [0.1, 0.15) is 47.2 Å². The number of carbonyl (C=O) groups excluding carboxylic acids is 8. The van der Waals surface area contributed by atoms with Gasteiger partial charge in [0.05, 0.1) is 59.3 Å². The van der Waals surface area contributed by atoms with Crippen molar-refractivity contribution >= 4 is 47.0 Å². The van der Waals surface area contributed by atoms with Crippen LogP contribution in [0.15, 0.2) is 42.5 Å². The number of epoxide rings is 2. The largest absolute Gasteiger partial charge is 0.497 e. The summed E-state index contributed by atoms with van der Waals surface area (Å²) in [5.41, 5.74) is -0.818. The molecule has 0 radical (unpaired) electrons. The van der Waals surface area contributed by atoms with Crippen LogP contribution in [0.4, 0.5) is 0 Å². The molecule has 2 aromatic carbocycles. The van der Waals surface area contributed by atoms with Crippen LogP contribution >= 0.6 is 0 Å². The van der Waals surface area contributed by atoms with Gasteiger partial charge in [0, 0.05) is 45.6 Å². The number of ketones is 2. The van der Waals surface area contributed by atoms with E-state index in [1.807, 2.05) is 4.90 Å². The Kier molecular flexibility index (Phi) is 22.0. The van der Waals surface area contributed by atoms with E-state index >= 15 is 0 Å². The normalized spacial score (nSPS) is 24.8. The highest BCUT2D eigenvalue weighted by Gasteiger charge is 2.52. The van der Waals surface area contributed by atoms with Gasteiger partial charge < -0.3 is 65.1 Å². The van der Waals surface area contributed by atoms with Crippen molar-refractivity contribution in [2.24, 2.45) is 17.8 Å². The first-order chi connectivity index (χ1) is 39.8. The number of morpholine rings is 1. The molecule has 2 aliphatic carbocycles. The summed E-state index contributed by atoms with van der Waals surface area (Å²) in [7, 11) is 3.06. The molecule has 8 rings (SSSR count). The van der Waals surface area contributed by atoms with Gasteiger partial charge in [-0.3, -0.25) is 43.3 Å². The van der Waals surface area contributed by atoms with Crippen LogP contribution in [0, 0.1) is 17.8 Å². The lowest BCUT2D eigenvalue weighted by atomic mass is 9.89. The summed E-state index contributed by atoms with van der Waals surface area (Å²) in [6, 6.07) is 6.10. The fraction of sp³-hybridized carbons (Fsp3) is 0.672. The highest BCUT2D eigenvalue weighted by Crippen LogP contribution is 2.39. The number of nitrogens with zero attached hydrogens (tertiary/aromatic N) is 1. The van der Waals surface area contributed by atoms with Crippen LogP contribution in [0.3, 0.4) is 0 Å². The number of amides is 6. The zero-order valence-corrected chi connectivity index (χ0v) is 49.1. The van der Waals surface area contributed by atoms with Crippen molar-refractivity contribution in [3.63, 3.8) is 0 Å². The molecule has 6 aliphatic rings. The Morgan fingerprint density at radius 1 is 0.566 bits per heavy atom. The fourth-order valence-electron chi connectivity index (χ4n) is 11.8. The van der Waals surface area contributed by atoms with E-state index in [9.17, 15) is 38.4 Å². The van der Waals surface area contributed by atoms with E-state index in [1.165, 1.54) is 7.11 Å². The highest BCUT2D eigenvalue weighted by molar-refractivity contribution is 5.99. The maximum atomic E-state index is 14.6. The third-order valence-corrected chi connectivity index (χ3v) is 17.3. The van der Waals surface area contributed by atoms with E-state index in [1.54, 1.807) is 77.3 Å². The molecule has 6 amide bonds. The molecular formula is C61H87N7O15. The van der Waals surface area contributed by atoms with E-state index < -0.39 is 77.2 Å². The zero-order valence-electron chi connectivity index (χ0n) is 49.1. The summed E-state index contributed by atoms with van der Waals surface area (Å²) in [4.78, 5) is 113. The van der Waals surface area contributed by atoms with Crippen molar-refractivity contribution in [1.82, 2.24) is 36.8 Å². The number of benzene rings is 2. The predicted octanol–water partition coefficient (Wildman–Crippen LogP) is 2.82. The van der Waals surface area contributed by atoms with Crippen molar-refractivity contribution in [3.8, 4) is 17.2 Å². The fourth-order valence-corrected chi connectivity index (χ4v) is 11.8. The van der Waals surface area contributed by atoms with Gasteiger partial charge in [-0.15, -0.1) is 0 Å². The molecule has 4 heterocycles. The van der Waals surface area contributed by atoms with E-state index in [-0.39, 0.29) is 86.6 Å². The van der Waals surface area contributed by atoms with Gasteiger partial charge >= 0.3 is 0 Å². The SMILES string of the molecule is COc1ccc(C[C@H](NC(=O)[C@@H](C)NC(=O)CC2CCOCC2)C(=O)N[C@@H](CC2CCCC2Oc2cc(C[C@H](NC(=O)[C@H](C)NC(=O)CN3CCOCC3)C(=O)N[C@@H](CC3CCCC3)C(=O)[C@@]3(C)CO3)ccc2OC)C(=O)[C@@]2(C)CO2)cc1. The number of ether oxygens (including phenoxy) is 7. The standard InChI is InChI=1S/C61H87N7O15/c1-37(62-52(69)32-41-20-24-79-25-21-41)56(73)66-47(29-40-14-17-44(77-5)18-15-40)58(75)65-46(55(72)61(4)36-82-61)33-43-12-9-13-49(43)83-51-31-42(16-19-50(51)78-6)30-48(67-57(74)38(2)63-53(70)34-68-22-26-80-27-23-68)59(76)64-45(28-39-10-7-8-11-39)54(71)60(3)35-81-60/h14-19,31,37-39,41,43,45-49H,7-13,20-30,32-36H2,1-6H3,(H,62,69)(H,63,70)(H,64,76)(H,65,75)(H,66,73)(H,67,74)/t37-,38+,43?,45+,46+,47+,48+,49?,60-,61-/m1/s1. The first-order valence-electron chi connectivity index (χ1n) is 29.8. The van der Waals surface area contributed by atoms with Crippen LogP contribution in [0.1, 0.15) is 116 Å². The van der Waals surface area contributed by atoms with Crippen LogP contribution in [0.2, 0.25) is 0 Å². The summed E-state index contributed by atoms with van der Waals surface area (Å²) in [6.45, 7) is 10.4. The third-order valence-electron chi connectivity index (χ3n) is 17.3. The molecule has 6 fully saturated rings. The summed E-state index contributed by atoms with van der Waals surface area (Å²) >= 11 is 0. The van der Waals surface area contributed by atoms with E-state index in [0.29, 0.717) is 87.2 Å². The van der Waals surface area contributed by atoms with Crippen molar-refractivity contribution in [1.29, 1.82) is 0 Å². The third kappa shape index (κ3) is 17.9. The molecule has 2 unspecified atom stereocenters. The molecule has 6 N–H and O–H groups in total. The number of hydrogen-bond acceptors (Lipinski definition) is 16. The molecule has 456 valence electrons. The van der Waals surface area contributed by atoms with Gasteiger partial charge in [0.25, 0.3) is 0 Å². The van der Waals surface area contributed by atoms with Gasteiger partial charge in [-0.2, -0.15) is 0 Å². The van der Waals surface area contributed by atoms with Gasteiger partial charge in [0.2, 0.25) is 35.4 Å². The maximum Gasteiger partial charge on any atom is 0.243 e. The molecule has 22 heteroatoms. The van der Waals surface area contributed by atoms with Crippen molar-refractivity contribution in [2.75, 3.05) is 73.5 Å². The molecule has 83 heavy (non-hydrogen) atoms. The van der Waals surface area contributed by atoms with Crippen molar-refractivity contribution in [3.05, 3.63) is 53.6 Å². The first-order valence-corrected chi connectivity index (χ1v) is 29.8. The van der Waals surface area contributed by atoms with Gasteiger partial charge in [-0.25, -0.2) is 0 Å². The van der Waals surface area contributed by atoms with Crippen LogP contribution in [0.5, 0.6) is 17.2 Å². The molecule has 10 atom stereocenters. The minimum absolute atomic E-state index is 0.0323. The quantitative estimate of drug-likeness (QED) is 0.0614. The number of Topliss-reactive ketones (excluding diaryl/α,β-unsaturated/α-hetero) is 2. The summed E-state index contributed by atoms with van der Waals surface area (Å²) in [5, 5.41) is 17.3. The Balaban J connectivity index is 0.980. The molecule has 22 nitrogen and oxygen atoms in total. The molecule has 4 aliphatic heterocycles. The van der Waals surface area contributed by atoms with E-state index in [4.69, 9.17) is 33.2 Å². The average Bonchev–Trinajstić information content (AvgIpc) is 4.50. The number of rotatable bonds is 30. The summed E-state index contributed by atoms with van der Waals surface area (Å²) in [6.07, 6.45) is 7.94. The smallest absolute Gasteiger partial charge is 0.243 e. The van der Waals surface area contributed by atoms with E-state index in [0.717, 1.165) is 44.9 Å². The molecule has 0 aromatic heterocycles. The van der Waals surface area contributed by atoms with Crippen molar-refractivity contribution < 1.29 is 71.5 Å².